The molecule has 8 heteroatoms. The molecule has 2 aliphatic heterocycles. The summed E-state index contributed by atoms with van der Waals surface area (Å²) in [4.78, 5) is 52.8. The quantitative estimate of drug-likeness (QED) is 0.205. The lowest BCUT2D eigenvalue weighted by Gasteiger charge is -2.34. The highest BCUT2D eigenvalue weighted by Gasteiger charge is 2.50. The number of fused-ring (bicyclic) bond motifs is 2. The first-order valence-electron chi connectivity index (χ1n) is 21.5. The van der Waals surface area contributed by atoms with Crippen molar-refractivity contribution in [1.29, 1.82) is 0 Å². The van der Waals surface area contributed by atoms with Gasteiger partial charge in [0.15, 0.2) is 0 Å². The number of rotatable bonds is 12. The number of nitrogens with one attached hydrogen (secondary N) is 1. The van der Waals surface area contributed by atoms with Gasteiger partial charge in [-0.3, -0.25) is 14.4 Å². The number of carbonyl (C=O) groups excluding carboxylic acids is 3. The van der Waals surface area contributed by atoms with Gasteiger partial charge in [0.25, 0.3) is 5.91 Å². The first-order chi connectivity index (χ1) is 26.1. The fraction of sp³-hybridized carbons (Fsp3) is 0.625. The molecule has 8 nitrogen and oxygen atoms in total. The molecule has 2 N–H and O–H groups in total. The van der Waals surface area contributed by atoms with Crippen molar-refractivity contribution in [2.24, 2.45) is 21.2 Å². The largest absolute Gasteiger partial charge is 0.506 e. The average molecular weight is 767 g/mol. The average Bonchev–Trinajstić information content (AvgIpc) is 3.46. The first-order valence-corrected chi connectivity index (χ1v) is 21.5. The molecule has 2 unspecified atom stereocenters. The van der Waals surface area contributed by atoms with Gasteiger partial charge < -0.3 is 20.2 Å². The minimum absolute atomic E-state index is 0.0841. The molecule has 1 saturated heterocycles. The predicted molar refractivity (Wildman–Crippen MR) is 232 cm³/mol. The molecule has 2 amide bonds. The molecule has 1 aromatic rings. The lowest BCUT2D eigenvalue weighted by molar-refractivity contribution is -0.128. The first kappa shape index (κ1) is 43.2. The second kappa shape index (κ2) is 15.1. The molecular formula is C48H70N4O4. The topological polar surface area (TPSA) is 102 Å². The summed E-state index contributed by atoms with van der Waals surface area (Å²) in [6, 6.07) is 4.74. The zero-order chi connectivity index (χ0) is 42.0. The predicted octanol–water partition coefficient (Wildman–Crippen LogP) is 11.0. The van der Waals surface area contributed by atoms with Gasteiger partial charge in [0, 0.05) is 62.9 Å². The lowest BCUT2D eigenvalue weighted by atomic mass is 9.73. The summed E-state index contributed by atoms with van der Waals surface area (Å²) in [5.41, 5.74) is 4.68. The number of aliphatic hydroxyl groups excluding tert-OH is 1. The number of aliphatic hydroxyl groups is 1. The summed E-state index contributed by atoms with van der Waals surface area (Å²) in [5, 5.41) is 15.5. The molecule has 2 aliphatic carbocycles. The Kier molecular flexibility index (Phi) is 11.6. The van der Waals surface area contributed by atoms with Crippen LogP contribution in [0.1, 0.15) is 160 Å². The Morgan fingerprint density at radius 1 is 0.786 bits per heavy atom. The van der Waals surface area contributed by atoms with Crippen LogP contribution in [0.15, 0.2) is 57.5 Å². The van der Waals surface area contributed by atoms with E-state index in [1.807, 2.05) is 65.8 Å². The van der Waals surface area contributed by atoms with Crippen molar-refractivity contribution in [1.82, 2.24) is 4.90 Å². The molecule has 5 rings (SSSR count). The van der Waals surface area contributed by atoms with Crippen LogP contribution in [-0.2, 0) is 19.8 Å². The minimum atomic E-state index is -0.617. The number of amides is 2. The SMILES string of the molecule is CCC(CC)(CC)C(=O)N=C1C=C2C(=CC1=C1C(=O)C(c3cc4c(cc3NC(=O)C(CC)(CC)CC)N(C(C)C)C(C)C4(C)C)=C1O)C(C)(C)C(C)N2C(C)C. The number of aliphatic imine (C=N–C) groups is 1. The van der Waals surface area contributed by atoms with E-state index >= 15 is 0 Å². The number of ketones is 1. The Morgan fingerprint density at radius 2 is 1.30 bits per heavy atom. The van der Waals surface area contributed by atoms with Crippen LogP contribution in [0.25, 0.3) is 5.57 Å². The third kappa shape index (κ3) is 6.32. The molecule has 0 radical (unpaired) electrons. The van der Waals surface area contributed by atoms with Gasteiger partial charge >= 0.3 is 0 Å². The van der Waals surface area contributed by atoms with Crippen LogP contribution in [0.2, 0.25) is 0 Å². The summed E-state index contributed by atoms with van der Waals surface area (Å²) in [5.74, 6) is -0.746. The van der Waals surface area contributed by atoms with Gasteiger partial charge in [-0.1, -0.05) is 69.2 Å². The van der Waals surface area contributed by atoms with Crippen LogP contribution in [-0.4, -0.2) is 57.5 Å². The van der Waals surface area contributed by atoms with Crippen molar-refractivity contribution in [3.8, 4) is 0 Å². The molecule has 56 heavy (non-hydrogen) atoms. The number of anilines is 2. The third-order valence-corrected chi connectivity index (χ3v) is 15.2. The van der Waals surface area contributed by atoms with E-state index < -0.39 is 10.8 Å². The number of benzene rings is 1. The standard InChI is InChI=1S/C48H70N4O4/c1-17-47(18-2,19-3)43(55)49-35-25-37-33(45(13,14)29(11)51(37)27(7)8)23-31(35)39-41(53)40(42(39)54)32-24-34-38(52(28(9)10)30(12)46(34,15)16)26-36(32)50-44(56)48(20-4,21-5)22-6/h23-30,53H,17-22H2,1-16H3,(H,49,55). The molecule has 0 spiro atoms. The van der Waals surface area contributed by atoms with Gasteiger partial charge in [-0.15, -0.1) is 0 Å². The monoisotopic (exact) mass is 767 g/mol. The number of carbonyl (C=O) groups is 3. The van der Waals surface area contributed by atoms with E-state index in [1.54, 1.807) is 0 Å². The van der Waals surface area contributed by atoms with Gasteiger partial charge in [-0.2, -0.15) is 0 Å². The van der Waals surface area contributed by atoms with Crippen molar-refractivity contribution in [2.45, 2.75) is 179 Å². The maximum absolute atomic E-state index is 14.9. The molecule has 1 aromatic carbocycles. The van der Waals surface area contributed by atoms with Gasteiger partial charge in [-0.05, 0) is 115 Å². The molecule has 0 aromatic heterocycles. The van der Waals surface area contributed by atoms with E-state index in [0.29, 0.717) is 61.1 Å². The summed E-state index contributed by atoms with van der Waals surface area (Å²) < 4.78 is 0. The number of Topliss-reactive ketones (excluding diaryl/α,β-unsaturated/α-hetero) is 1. The van der Waals surface area contributed by atoms with Crippen molar-refractivity contribution < 1.29 is 19.5 Å². The molecule has 1 fully saturated rings. The van der Waals surface area contributed by atoms with E-state index in [0.717, 1.165) is 22.5 Å². The Balaban J connectivity index is 1.80. The van der Waals surface area contributed by atoms with Crippen LogP contribution >= 0.6 is 0 Å². The van der Waals surface area contributed by atoms with Gasteiger partial charge in [0.1, 0.15) is 5.76 Å². The zero-order valence-corrected chi connectivity index (χ0v) is 37.4. The fourth-order valence-corrected chi connectivity index (χ4v) is 10.1. The fourth-order valence-electron chi connectivity index (χ4n) is 10.1. The molecule has 306 valence electrons. The van der Waals surface area contributed by atoms with Crippen molar-refractivity contribution in [2.75, 3.05) is 10.2 Å². The van der Waals surface area contributed by atoms with Crippen LogP contribution in [0.3, 0.4) is 0 Å². The molecule has 4 aliphatic rings. The third-order valence-electron chi connectivity index (χ3n) is 15.2. The minimum Gasteiger partial charge on any atom is -0.506 e. The highest BCUT2D eigenvalue weighted by atomic mass is 16.3. The molecular weight excluding hydrogens is 697 g/mol. The maximum atomic E-state index is 14.9. The zero-order valence-electron chi connectivity index (χ0n) is 37.4. The summed E-state index contributed by atoms with van der Waals surface area (Å²) in [6.07, 6.45) is 7.98. The normalized spacial score (nSPS) is 23.8. The molecule has 2 atom stereocenters. The van der Waals surface area contributed by atoms with Crippen LogP contribution in [0.4, 0.5) is 11.4 Å². The lowest BCUT2D eigenvalue weighted by Crippen LogP contribution is -2.42. The van der Waals surface area contributed by atoms with E-state index in [2.05, 4.69) is 84.4 Å². The smallest absolute Gasteiger partial charge is 0.252 e. The van der Waals surface area contributed by atoms with E-state index in [1.165, 1.54) is 0 Å². The Morgan fingerprint density at radius 3 is 1.79 bits per heavy atom. The number of likely N-dealkylation sites (tertiary alicyclic amines) is 1. The molecule has 0 saturated carbocycles. The summed E-state index contributed by atoms with van der Waals surface area (Å²) in [6.45, 7) is 34.2. The van der Waals surface area contributed by atoms with E-state index in [-0.39, 0.29) is 69.5 Å². The highest BCUT2D eigenvalue weighted by Crippen LogP contribution is 2.54. The number of allylic oxidation sites excluding steroid dienone is 6. The summed E-state index contributed by atoms with van der Waals surface area (Å²) >= 11 is 0. The Hall–Kier alpha value is -3.94. The van der Waals surface area contributed by atoms with Crippen LogP contribution in [0.5, 0.6) is 0 Å². The van der Waals surface area contributed by atoms with Gasteiger partial charge in [-0.25, -0.2) is 4.99 Å². The number of nitrogens with zero attached hydrogens (tertiary/aromatic N) is 3. The molecule has 0 bridgehead atoms. The second-order valence-corrected chi connectivity index (χ2v) is 18.6. The van der Waals surface area contributed by atoms with E-state index in [4.69, 9.17) is 4.99 Å². The Labute approximate surface area is 337 Å². The van der Waals surface area contributed by atoms with Gasteiger partial charge in [0.05, 0.1) is 28.0 Å². The summed E-state index contributed by atoms with van der Waals surface area (Å²) in [7, 11) is 0. The van der Waals surface area contributed by atoms with Crippen molar-refractivity contribution >= 4 is 40.3 Å². The van der Waals surface area contributed by atoms with Crippen molar-refractivity contribution in [3.05, 3.63) is 63.6 Å². The highest BCUT2D eigenvalue weighted by molar-refractivity contribution is 6.42. The van der Waals surface area contributed by atoms with Gasteiger partial charge in [0.2, 0.25) is 11.7 Å². The van der Waals surface area contributed by atoms with Crippen LogP contribution < -0.4 is 10.2 Å². The Bertz CT molecular complexity index is 1940. The molecule has 2 heterocycles. The number of hydrogen-bond acceptors (Lipinski definition) is 6. The van der Waals surface area contributed by atoms with Crippen LogP contribution in [0, 0.1) is 16.2 Å². The maximum Gasteiger partial charge on any atom is 0.252 e. The number of hydrogen-bond donors (Lipinski definition) is 2. The van der Waals surface area contributed by atoms with Crippen molar-refractivity contribution in [3.63, 3.8) is 0 Å². The van der Waals surface area contributed by atoms with E-state index in [9.17, 15) is 19.5 Å². The second-order valence-electron chi connectivity index (χ2n) is 18.6.